The van der Waals surface area contributed by atoms with Crippen LogP contribution in [0.5, 0.6) is 5.75 Å². The highest BCUT2D eigenvalue weighted by Gasteiger charge is 2.34. The van der Waals surface area contributed by atoms with Crippen LogP contribution in [-0.4, -0.2) is 29.9 Å². The molecule has 1 N–H and O–H groups in total. The molecule has 2 aromatic carbocycles. The van der Waals surface area contributed by atoms with Gasteiger partial charge in [0.1, 0.15) is 17.6 Å². The molecule has 1 aliphatic rings. The number of amides is 2. The summed E-state index contributed by atoms with van der Waals surface area (Å²) >= 11 is 0. The van der Waals surface area contributed by atoms with Gasteiger partial charge < -0.3 is 19.4 Å². The standard InChI is InChI=1S/C27H29FN2O4/c1-33-23-15-11-20(12-16-23)25(26(31)29-22-6-3-2-4-7-22)30(27(32)24-8-5-17-34-24)18-19-9-13-21(28)14-10-19/h5,8-17,22,25H,2-4,6-7,18H2,1H3,(H,29,31). The maximum atomic E-state index is 13.7. The second-order valence-electron chi connectivity index (χ2n) is 8.56. The normalized spacial score (nSPS) is 14.9. The van der Waals surface area contributed by atoms with Crippen molar-refractivity contribution in [1.29, 1.82) is 0 Å². The van der Waals surface area contributed by atoms with Crippen molar-refractivity contribution in [3.63, 3.8) is 0 Å². The topological polar surface area (TPSA) is 71.8 Å². The summed E-state index contributed by atoms with van der Waals surface area (Å²) in [5.74, 6) is -0.258. The van der Waals surface area contributed by atoms with Crippen molar-refractivity contribution in [3.05, 3.63) is 89.6 Å². The fraction of sp³-hybridized carbons (Fsp3) is 0.333. The van der Waals surface area contributed by atoms with Gasteiger partial charge in [-0.15, -0.1) is 0 Å². The van der Waals surface area contributed by atoms with Crippen LogP contribution in [0, 0.1) is 5.82 Å². The number of rotatable bonds is 8. The van der Waals surface area contributed by atoms with Crippen LogP contribution in [0.4, 0.5) is 4.39 Å². The summed E-state index contributed by atoms with van der Waals surface area (Å²) in [6, 6.07) is 15.4. The lowest BCUT2D eigenvalue weighted by Crippen LogP contribution is -2.46. The number of furan rings is 1. The van der Waals surface area contributed by atoms with E-state index in [1.165, 1.54) is 29.7 Å². The third-order valence-corrected chi connectivity index (χ3v) is 6.20. The summed E-state index contributed by atoms with van der Waals surface area (Å²) in [6.45, 7) is 0.106. The predicted molar refractivity (Wildman–Crippen MR) is 126 cm³/mol. The Bertz CT molecular complexity index is 1070. The van der Waals surface area contributed by atoms with Gasteiger partial charge in [0.15, 0.2) is 5.76 Å². The van der Waals surface area contributed by atoms with Gasteiger partial charge >= 0.3 is 0 Å². The van der Waals surface area contributed by atoms with Crippen LogP contribution in [0.15, 0.2) is 71.3 Å². The molecule has 3 aromatic rings. The molecule has 0 spiro atoms. The molecule has 0 saturated heterocycles. The second kappa shape index (κ2) is 11.0. The molecule has 178 valence electrons. The van der Waals surface area contributed by atoms with Gasteiger partial charge in [-0.05, 0) is 60.4 Å². The summed E-state index contributed by atoms with van der Waals surface area (Å²) in [4.78, 5) is 28.7. The van der Waals surface area contributed by atoms with Crippen LogP contribution in [0.1, 0.15) is 59.8 Å². The summed E-state index contributed by atoms with van der Waals surface area (Å²) in [5, 5.41) is 3.17. The first-order valence-electron chi connectivity index (χ1n) is 11.6. The quantitative estimate of drug-likeness (QED) is 0.494. The summed E-state index contributed by atoms with van der Waals surface area (Å²) in [6.07, 6.45) is 6.58. The van der Waals surface area contributed by atoms with Crippen LogP contribution < -0.4 is 10.1 Å². The van der Waals surface area contributed by atoms with E-state index in [4.69, 9.17) is 9.15 Å². The van der Waals surface area contributed by atoms with E-state index in [-0.39, 0.29) is 30.1 Å². The lowest BCUT2D eigenvalue weighted by atomic mass is 9.94. The van der Waals surface area contributed by atoms with Crippen LogP contribution in [0.3, 0.4) is 0 Å². The highest BCUT2D eigenvalue weighted by Crippen LogP contribution is 2.29. The van der Waals surface area contributed by atoms with Gasteiger partial charge in [0.05, 0.1) is 13.4 Å². The highest BCUT2D eigenvalue weighted by atomic mass is 19.1. The Kier molecular flexibility index (Phi) is 7.62. The Balaban J connectivity index is 1.72. The second-order valence-corrected chi connectivity index (χ2v) is 8.56. The molecule has 6 nitrogen and oxygen atoms in total. The molecule has 0 bridgehead atoms. The molecule has 1 fully saturated rings. The molecule has 1 heterocycles. The molecule has 1 unspecified atom stereocenters. The lowest BCUT2D eigenvalue weighted by molar-refractivity contribution is -0.127. The maximum absolute atomic E-state index is 13.7. The van der Waals surface area contributed by atoms with Crippen molar-refractivity contribution in [2.24, 2.45) is 0 Å². The van der Waals surface area contributed by atoms with Crippen LogP contribution in [0.25, 0.3) is 0 Å². The first-order chi connectivity index (χ1) is 16.5. The molecule has 0 radical (unpaired) electrons. The number of hydrogen-bond donors (Lipinski definition) is 1. The van der Waals surface area contributed by atoms with Gasteiger partial charge in [0, 0.05) is 12.6 Å². The predicted octanol–water partition coefficient (Wildman–Crippen LogP) is 5.26. The molecule has 1 saturated carbocycles. The van der Waals surface area contributed by atoms with E-state index in [2.05, 4.69) is 5.32 Å². The Morgan fingerprint density at radius 2 is 1.76 bits per heavy atom. The minimum absolute atomic E-state index is 0.0772. The van der Waals surface area contributed by atoms with E-state index in [0.29, 0.717) is 16.9 Å². The van der Waals surface area contributed by atoms with Crippen molar-refractivity contribution in [3.8, 4) is 5.75 Å². The Morgan fingerprint density at radius 3 is 2.38 bits per heavy atom. The zero-order chi connectivity index (χ0) is 23.9. The number of carbonyl (C=O) groups is 2. The fourth-order valence-corrected chi connectivity index (χ4v) is 4.39. The molecular formula is C27H29FN2O4. The molecule has 1 aliphatic carbocycles. The number of ether oxygens (including phenoxy) is 1. The van der Waals surface area contributed by atoms with E-state index < -0.39 is 11.9 Å². The van der Waals surface area contributed by atoms with E-state index in [9.17, 15) is 14.0 Å². The maximum Gasteiger partial charge on any atom is 0.290 e. The third kappa shape index (κ3) is 5.65. The number of methoxy groups -OCH3 is 1. The van der Waals surface area contributed by atoms with Crippen molar-refractivity contribution in [2.45, 2.75) is 50.7 Å². The van der Waals surface area contributed by atoms with Gasteiger partial charge in [0.2, 0.25) is 5.91 Å². The first kappa shape index (κ1) is 23.5. The average Bonchev–Trinajstić information content (AvgIpc) is 3.41. The minimum Gasteiger partial charge on any atom is -0.497 e. The smallest absolute Gasteiger partial charge is 0.290 e. The largest absolute Gasteiger partial charge is 0.497 e. The van der Waals surface area contributed by atoms with E-state index in [1.807, 2.05) is 0 Å². The molecule has 0 aliphatic heterocycles. The van der Waals surface area contributed by atoms with Crippen molar-refractivity contribution in [1.82, 2.24) is 10.2 Å². The Hall–Kier alpha value is -3.61. The summed E-state index contributed by atoms with van der Waals surface area (Å²) < 4.78 is 24.2. The van der Waals surface area contributed by atoms with Gasteiger partial charge in [-0.3, -0.25) is 9.59 Å². The van der Waals surface area contributed by atoms with Crippen LogP contribution >= 0.6 is 0 Å². The van der Waals surface area contributed by atoms with Gasteiger partial charge in [0.25, 0.3) is 5.91 Å². The molecule has 4 rings (SSSR count). The number of halogens is 1. The fourth-order valence-electron chi connectivity index (χ4n) is 4.39. The number of hydrogen-bond acceptors (Lipinski definition) is 4. The highest BCUT2D eigenvalue weighted by molar-refractivity contribution is 5.96. The van der Waals surface area contributed by atoms with E-state index >= 15 is 0 Å². The molecule has 2 amide bonds. The monoisotopic (exact) mass is 464 g/mol. The van der Waals surface area contributed by atoms with Gasteiger partial charge in [-0.2, -0.15) is 0 Å². The number of nitrogens with zero attached hydrogens (tertiary/aromatic N) is 1. The van der Waals surface area contributed by atoms with E-state index in [0.717, 1.165) is 25.7 Å². The Morgan fingerprint density at radius 1 is 1.06 bits per heavy atom. The lowest BCUT2D eigenvalue weighted by Gasteiger charge is -2.33. The molecule has 1 aromatic heterocycles. The number of carbonyl (C=O) groups excluding carboxylic acids is 2. The van der Waals surface area contributed by atoms with Crippen molar-refractivity contribution >= 4 is 11.8 Å². The van der Waals surface area contributed by atoms with E-state index in [1.54, 1.807) is 55.6 Å². The molecule has 34 heavy (non-hydrogen) atoms. The van der Waals surface area contributed by atoms with Gasteiger partial charge in [-0.1, -0.05) is 43.5 Å². The molecular weight excluding hydrogens is 435 g/mol. The zero-order valence-corrected chi connectivity index (χ0v) is 19.2. The number of benzene rings is 2. The zero-order valence-electron chi connectivity index (χ0n) is 19.2. The SMILES string of the molecule is COc1ccc(C(C(=O)NC2CCCCC2)N(Cc2ccc(F)cc2)C(=O)c2ccco2)cc1. The Labute approximate surface area is 198 Å². The van der Waals surface area contributed by atoms with Crippen molar-refractivity contribution in [2.75, 3.05) is 7.11 Å². The minimum atomic E-state index is -0.907. The molecule has 1 atom stereocenters. The average molecular weight is 465 g/mol. The van der Waals surface area contributed by atoms with Gasteiger partial charge in [-0.25, -0.2) is 4.39 Å². The first-order valence-corrected chi connectivity index (χ1v) is 11.6. The van der Waals surface area contributed by atoms with Crippen molar-refractivity contribution < 1.29 is 23.1 Å². The molecule has 7 heteroatoms. The van der Waals surface area contributed by atoms with Crippen LogP contribution in [0.2, 0.25) is 0 Å². The number of nitrogens with one attached hydrogen (secondary N) is 1. The summed E-state index contributed by atoms with van der Waals surface area (Å²) in [7, 11) is 1.57. The summed E-state index contributed by atoms with van der Waals surface area (Å²) in [5.41, 5.74) is 1.35. The van der Waals surface area contributed by atoms with Crippen LogP contribution in [-0.2, 0) is 11.3 Å². The third-order valence-electron chi connectivity index (χ3n) is 6.20.